The molecule has 5 N–H and O–H groups in total. The van der Waals surface area contributed by atoms with E-state index < -0.39 is 19.8 Å². The van der Waals surface area contributed by atoms with Crippen molar-refractivity contribution < 1.29 is 39.0 Å². The van der Waals surface area contributed by atoms with Gasteiger partial charge in [-0.2, -0.15) is 0 Å². The van der Waals surface area contributed by atoms with E-state index >= 15 is 0 Å². The smallest absolute Gasteiger partial charge is 0.466 e. The summed E-state index contributed by atoms with van der Waals surface area (Å²) in [6.45, 7) is 4.52. The van der Waals surface area contributed by atoms with Crippen molar-refractivity contribution in [3.63, 3.8) is 0 Å². The highest BCUT2D eigenvalue weighted by atomic mass is 31.2. The van der Waals surface area contributed by atoms with E-state index in [9.17, 15) is 9.59 Å². The average molecular weight is 663 g/mol. The fourth-order valence-corrected chi connectivity index (χ4v) is 4.69. The van der Waals surface area contributed by atoms with Crippen LogP contribution in [0.1, 0.15) is 194 Å². The highest BCUT2D eigenvalue weighted by molar-refractivity contribution is 7.45. The molecule has 0 saturated carbocycles. The summed E-state index contributed by atoms with van der Waals surface area (Å²) in [5, 5.41) is 17.0. The number of rotatable bonds is 30. The van der Waals surface area contributed by atoms with E-state index in [1.807, 2.05) is 0 Å². The fourth-order valence-electron chi connectivity index (χ4n) is 4.69. The van der Waals surface area contributed by atoms with E-state index in [1.54, 1.807) is 0 Å². The van der Waals surface area contributed by atoms with Crippen LogP contribution in [0.2, 0.25) is 0 Å². The van der Waals surface area contributed by atoms with Gasteiger partial charge in [-0.15, -0.1) is 0 Å². The monoisotopic (exact) mass is 662 g/mol. The van der Waals surface area contributed by atoms with Gasteiger partial charge in [0.2, 0.25) is 0 Å². The zero-order valence-electron chi connectivity index (χ0n) is 29.0. The molecule has 8 nitrogen and oxygen atoms in total. The summed E-state index contributed by atoms with van der Waals surface area (Å²) in [5.74, 6) is -1.33. The molecule has 0 aromatic carbocycles. The van der Waals surface area contributed by atoms with Gasteiger partial charge in [-0.1, -0.05) is 141 Å². The summed E-state index contributed by atoms with van der Waals surface area (Å²) >= 11 is 0. The number of carboxylic acids is 2. The lowest BCUT2D eigenvalue weighted by atomic mass is 10.1. The molecule has 0 heterocycles. The molecule has 0 bridgehead atoms. The molecule has 0 aromatic rings. The van der Waals surface area contributed by atoms with Crippen LogP contribution >= 0.6 is 7.82 Å². The number of phosphoric acid groups is 1. The summed E-state index contributed by atoms with van der Waals surface area (Å²) in [6, 6.07) is 0. The molecule has 0 unspecified atom stereocenters. The summed E-state index contributed by atoms with van der Waals surface area (Å²) in [5.41, 5.74) is 0. The number of allylic oxidation sites excluding steroid dienone is 4. The molecule has 0 spiro atoms. The third-order valence-corrected chi connectivity index (χ3v) is 7.30. The van der Waals surface area contributed by atoms with E-state index in [2.05, 4.69) is 38.2 Å². The molecule has 9 heteroatoms. The molecule has 0 radical (unpaired) electrons. The Morgan fingerprint density at radius 3 is 0.844 bits per heavy atom. The van der Waals surface area contributed by atoms with Crippen LogP contribution in [0.3, 0.4) is 0 Å². The third-order valence-electron chi connectivity index (χ3n) is 7.30. The summed E-state index contributed by atoms with van der Waals surface area (Å²) in [4.78, 5) is 42.2. The van der Waals surface area contributed by atoms with Gasteiger partial charge >= 0.3 is 19.8 Å². The van der Waals surface area contributed by atoms with Gasteiger partial charge in [-0.05, 0) is 64.2 Å². The Labute approximate surface area is 276 Å². The summed E-state index contributed by atoms with van der Waals surface area (Å²) in [7, 11) is -4.64. The van der Waals surface area contributed by atoms with Crippen LogP contribution in [0.4, 0.5) is 0 Å². The summed E-state index contributed by atoms with van der Waals surface area (Å²) < 4.78 is 8.88. The van der Waals surface area contributed by atoms with Crippen molar-refractivity contribution in [2.45, 2.75) is 194 Å². The van der Waals surface area contributed by atoms with Crippen LogP contribution < -0.4 is 0 Å². The number of hydrogen-bond acceptors (Lipinski definition) is 3. The largest absolute Gasteiger partial charge is 0.481 e. The standard InChI is InChI=1S/2C18H34O2.H3O4P/c2*1-2-3-4-5-6-7-8-9-10-11-12-13-14-15-16-17-18(19)20;1-5(2,3)4/h2*9-10H,2-8,11-17H2,1H3,(H,19,20);(H3,1,2,3,4). The van der Waals surface area contributed by atoms with Crippen LogP contribution in [0.15, 0.2) is 24.3 Å². The SMILES string of the molecule is CCCCCCCCC=CCCCCCCCC(=O)O.CCCCCCCCC=CCCCCCCCC(=O)O.O=P(O)(O)O. The second-order valence-corrected chi connectivity index (χ2v) is 13.0. The van der Waals surface area contributed by atoms with Crippen LogP contribution in [-0.2, 0) is 14.2 Å². The zero-order valence-corrected chi connectivity index (χ0v) is 29.9. The molecular weight excluding hydrogens is 591 g/mol. The fraction of sp³-hybridized carbons (Fsp3) is 0.833. The van der Waals surface area contributed by atoms with Crippen molar-refractivity contribution in [1.82, 2.24) is 0 Å². The number of unbranched alkanes of at least 4 members (excludes halogenated alkanes) is 22. The van der Waals surface area contributed by atoms with Gasteiger partial charge in [-0.3, -0.25) is 9.59 Å². The van der Waals surface area contributed by atoms with Crippen molar-refractivity contribution in [1.29, 1.82) is 0 Å². The first kappa shape index (κ1) is 47.9. The Morgan fingerprint density at radius 1 is 0.422 bits per heavy atom. The van der Waals surface area contributed by atoms with E-state index in [-0.39, 0.29) is 0 Å². The highest BCUT2D eigenvalue weighted by Crippen LogP contribution is 2.25. The van der Waals surface area contributed by atoms with Crippen molar-refractivity contribution in [3.8, 4) is 0 Å². The molecule has 0 amide bonds. The third kappa shape index (κ3) is 66.0. The quantitative estimate of drug-likeness (QED) is 0.0289. The lowest BCUT2D eigenvalue weighted by Crippen LogP contribution is -1.93. The second-order valence-electron chi connectivity index (χ2n) is 12.0. The molecule has 0 aliphatic rings. The molecular formula is C36H71O8P. The van der Waals surface area contributed by atoms with Gasteiger partial charge in [0, 0.05) is 12.8 Å². The van der Waals surface area contributed by atoms with Gasteiger partial charge in [-0.25, -0.2) is 4.57 Å². The Morgan fingerprint density at radius 2 is 0.622 bits per heavy atom. The van der Waals surface area contributed by atoms with E-state index in [4.69, 9.17) is 29.5 Å². The minimum Gasteiger partial charge on any atom is -0.481 e. The molecule has 0 atom stereocenters. The van der Waals surface area contributed by atoms with Gasteiger partial charge < -0.3 is 24.9 Å². The second kappa shape index (κ2) is 40.6. The molecule has 0 aromatic heterocycles. The molecule has 0 rings (SSSR count). The number of carbonyl (C=O) groups is 2. The first-order valence-corrected chi connectivity index (χ1v) is 19.6. The van der Waals surface area contributed by atoms with Crippen molar-refractivity contribution in [2.75, 3.05) is 0 Å². The van der Waals surface area contributed by atoms with Crippen molar-refractivity contribution in [3.05, 3.63) is 24.3 Å². The first-order chi connectivity index (χ1) is 21.5. The highest BCUT2D eigenvalue weighted by Gasteiger charge is 2.00. The number of hydrogen-bond donors (Lipinski definition) is 5. The van der Waals surface area contributed by atoms with Crippen LogP contribution in [-0.4, -0.2) is 36.8 Å². The number of carboxylic acid groups (broad SMARTS) is 2. The Kier molecular flexibility index (Phi) is 43.2. The molecule has 0 fully saturated rings. The Hall–Kier alpha value is -1.47. The summed E-state index contributed by atoms with van der Waals surface area (Å²) in [6.07, 6.45) is 42.5. The average Bonchev–Trinajstić information content (AvgIpc) is 2.96. The minimum atomic E-state index is -4.64. The molecule has 0 saturated heterocycles. The zero-order chi connectivity index (χ0) is 34.3. The molecule has 0 aliphatic heterocycles. The Balaban J connectivity index is -0.000000680. The predicted octanol–water partition coefficient (Wildman–Crippen LogP) is 11.3. The molecule has 0 aliphatic carbocycles. The molecule has 45 heavy (non-hydrogen) atoms. The van der Waals surface area contributed by atoms with Crippen molar-refractivity contribution in [2.24, 2.45) is 0 Å². The van der Waals surface area contributed by atoms with Crippen LogP contribution in [0.25, 0.3) is 0 Å². The maximum atomic E-state index is 10.3. The normalized spacial score (nSPS) is 11.3. The van der Waals surface area contributed by atoms with Gasteiger partial charge in [0.15, 0.2) is 0 Å². The van der Waals surface area contributed by atoms with Gasteiger partial charge in [0.25, 0.3) is 0 Å². The maximum absolute atomic E-state index is 10.3. The Bertz CT molecular complexity index is 660. The van der Waals surface area contributed by atoms with Gasteiger partial charge in [0.05, 0.1) is 0 Å². The van der Waals surface area contributed by atoms with Crippen molar-refractivity contribution >= 4 is 19.8 Å². The van der Waals surface area contributed by atoms with E-state index in [1.165, 1.54) is 141 Å². The topological polar surface area (TPSA) is 152 Å². The molecule has 268 valence electrons. The first-order valence-electron chi connectivity index (χ1n) is 18.1. The lowest BCUT2D eigenvalue weighted by molar-refractivity contribution is -0.138. The van der Waals surface area contributed by atoms with Crippen LogP contribution in [0, 0.1) is 0 Å². The van der Waals surface area contributed by atoms with E-state index in [0.29, 0.717) is 12.8 Å². The predicted molar refractivity (Wildman–Crippen MR) is 188 cm³/mol. The van der Waals surface area contributed by atoms with Crippen LogP contribution in [0.5, 0.6) is 0 Å². The lowest BCUT2D eigenvalue weighted by Gasteiger charge is -1.99. The minimum absolute atomic E-state index is 0.332. The number of aliphatic carboxylic acids is 2. The van der Waals surface area contributed by atoms with E-state index in [0.717, 1.165) is 25.7 Å². The maximum Gasteiger partial charge on any atom is 0.466 e. The van der Waals surface area contributed by atoms with Gasteiger partial charge in [0.1, 0.15) is 0 Å².